The number of rotatable bonds is 12. The summed E-state index contributed by atoms with van der Waals surface area (Å²) in [6.45, 7) is 2.23. The van der Waals surface area contributed by atoms with Gasteiger partial charge in [0.15, 0.2) is 5.78 Å². The molecule has 0 saturated carbocycles. The van der Waals surface area contributed by atoms with Crippen molar-refractivity contribution in [3.8, 4) is 0 Å². The van der Waals surface area contributed by atoms with Gasteiger partial charge in [0.25, 0.3) is 0 Å². The molecule has 0 aliphatic heterocycles. The number of carbonyl (C=O) groups is 2. The molecule has 3 heteroatoms. The molecule has 0 amide bonds. The third kappa shape index (κ3) is 7.96. The minimum atomic E-state index is -0.927. The first-order valence-corrected chi connectivity index (χ1v) is 8.47. The van der Waals surface area contributed by atoms with Crippen molar-refractivity contribution in [2.75, 3.05) is 0 Å². The second kappa shape index (κ2) is 11.0. The zero-order valence-corrected chi connectivity index (χ0v) is 13.6. The fraction of sp³-hybridized carbons (Fsp3) is 0.579. The number of hydrogen-bond acceptors (Lipinski definition) is 2. The Hall–Kier alpha value is -1.64. The SMILES string of the molecule is CCCCCCCCCc1ccc(C(=O)CCC(=O)O)cc1. The fourth-order valence-corrected chi connectivity index (χ4v) is 2.51. The third-order valence-corrected chi connectivity index (χ3v) is 3.91. The number of benzene rings is 1. The van der Waals surface area contributed by atoms with Gasteiger partial charge in [0.05, 0.1) is 6.42 Å². The molecule has 0 atom stereocenters. The van der Waals surface area contributed by atoms with Gasteiger partial charge in [0, 0.05) is 12.0 Å². The highest BCUT2D eigenvalue weighted by molar-refractivity contribution is 5.97. The van der Waals surface area contributed by atoms with Crippen LogP contribution in [0.5, 0.6) is 0 Å². The molecular formula is C19H28O3. The van der Waals surface area contributed by atoms with Crippen LogP contribution in [0.4, 0.5) is 0 Å². The number of Topliss-reactive ketones (excluding diaryl/α,β-unsaturated/α-hetero) is 1. The Morgan fingerprint density at radius 1 is 0.864 bits per heavy atom. The molecule has 1 N–H and O–H groups in total. The maximum absolute atomic E-state index is 11.8. The van der Waals surface area contributed by atoms with E-state index in [1.807, 2.05) is 24.3 Å². The van der Waals surface area contributed by atoms with Gasteiger partial charge in [-0.2, -0.15) is 0 Å². The van der Waals surface area contributed by atoms with Gasteiger partial charge in [-0.25, -0.2) is 0 Å². The van der Waals surface area contributed by atoms with E-state index in [9.17, 15) is 9.59 Å². The molecule has 0 heterocycles. The van der Waals surface area contributed by atoms with E-state index in [4.69, 9.17) is 5.11 Å². The highest BCUT2D eigenvalue weighted by atomic mass is 16.4. The van der Waals surface area contributed by atoms with Crippen molar-refractivity contribution < 1.29 is 14.7 Å². The predicted molar refractivity (Wildman–Crippen MR) is 89.3 cm³/mol. The molecule has 1 aromatic rings. The molecule has 1 aromatic carbocycles. The summed E-state index contributed by atoms with van der Waals surface area (Å²) in [5.74, 6) is -1.02. The molecule has 0 spiro atoms. The van der Waals surface area contributed by atoms with E-state index in [0.29, 0.717) is 5.56 Å². The average Bonchev–Trinajstić information content (AvgIpc) is 2.52. The number of carboxylic acid groups (broad SMARTS) is 1. The van der Waals surface area contributed by atoms with Gasteiger partial charge in [-0.1, -0.05) is 69.7 Å². The van der Waals surface area contributed by atoms with Crippen molar-refractivity contribution >= 4 is 11.8 Å². The molecule has 0 radical (unpaired) electrons. The molecule has 0 aliphatic rings. The van der Waals surface area contributed by atoms with Crippen LogP contribution in [0.25, 0.3) is 0 Å². The van der Waals surface area contributed by atoms with Crippen molar-refractivity contribution in [1.82, 2.24) is 0 Å². The van der Waals surface area contributed by atoms with Gasteiger partial charge in [-0.3, -0.25) is 9.59 Å². The smallest absolute Gasteiger partial charge is 0.303 e. The Labute approximate surface area is 133 Å². The second-order valence-electron chi connectivity index (χ2n) is 5.89. The standard InChI is InChI=1S/C19H28O3/c1-2-3-4-5-6-7-8-9-16-10-12-17(13-11-16)18(20)14-15-19(21)22/h10-13H,2-9,14-15H2,1H3,(H,21,22). The van der Waals surface area contributed by atoms with Crippen molar-refractivity contribution in [3.05, 3.63) is 35.4 Å². The molecule has 0 fully saturated rings. The van der Waals surface area contributed by atoms with E-state index in [1.54, 1.807) is 0 Å². The van der Waals surface area contributed by atoms with Crippen LogP contribution in [0.2, 0.25) is 0 Å². The number of aliphatic carboxylic acids is 1. The van der Waals surface area contributed by atoms with Crippen LogP contribution in [-0.4, -0.2) is 16.9 Å². The van der Waals surface area contributed by atoms with Gasteiger partial charge in [0.1, 0.15) is 0 Å². The molecule has 3 nitrogen and oxygen atoms in total. The number of carbonyl (C=O) groups excluding carboxylic acids is 1. The molecule has 122 valence electrons. The molecule has 0 aliphatic carbocycles. The van der Waals surface area contributed by atoms with E-state index in [0.717, 1.165) is 6.42 Å². The Morgan fingerprint density at radius 2 is 1.45 bits per heavy atom. The summed E-state index contributed by atoms with van der Waals surface area (Å²) in [4.78, 5) is 22.2. The summed E-state index contributed by atoms with van der Waals surface area (Å²) in [5.41, 5.74) is 1.87. The number of unbranched alkanes of at least 4 members (excludes halogenated alkanes) is 6. The van der Waals surface area contributed by atoms with Crippen molar-refractivity contribution in [2.45, 2.75) is 71.1 Å². The second-order valence-corrected chi connectivity index (χ2v) is 5.89. The van der Waals surface area contributed by atoms with Gasteiger partial charge >= 0.3 is 5.97 Å². The molecule has 1 rings (SSSR count). The minimum Gasteiger partial charge on any atom is -0.481 e. The van der Waals surface area contributed by atoms with E-state index < -0.39 is 5.97 Å². The van der Waals surface area contributed by atoms with Crippen LogP contribution < -0.4 is 0 Å². The summed E-state index contributed by atoms with van der Waals surface area (Å²) < 4.78 is 0. The summed E-state index contributed by atoms with van der Waals surface area (Å²) in [6, 6.07) is 7.62. The van der Waals surface area contributed by atoms with E-state index in [2.05, 4.69) is 6.92 Å². The Balaban J connectivity index is 2.24. The predicted octanol–water partition coefficient (Wildman–Crippen LogP) is 5.03. The number of hydrogen-bond donors (Lipinski definition) is 1. The lowest BCUT2D eigenvalue weighted by atomic mass is 10.0. The van der Waals surface area contributed by atoms with Crippen molar-refractivity contribution in [1.29, 1.82) is 0 Å². The van der Waals surface area contributed by atoms with E-state index >= 15 is 0 Å². The van der Waals surface area contributed by atoms with Crippen LogP contribution in [0.3, 0.4) is 0 Å². The van der Waals surface area contributed by atoms with Crippen LogP contribution in [0, 0.1) is 0 Å². The first kappa shape index (κ1) is 18.4. The van der Waals surface area contributed by atoms with E-state index in [-0.39, 0.29) is 18.6 Å². The largest absolute Gasteiger partial charge is 0.481 e. The Kier molecular flexibility index (Phi) is 9.20. The fourth-order valence-electron chi connectivity index (χ4n) is 2.51. The van der Waals surface area contributed by atoms with E-state index in [1.165, 1.54) is 50.5 Å². The highest BCUT2D eigenvalue weighted by Crippen LogP contribution is 2.13. The monoisotopic (exact) mass is 304 g/mol. The normalized spacial score (nSPS) is 10.6. The number of carboxylic acids is 1. The van der Waals surface area contributed by atoms with Gasteiger partial charge in [-0.05, 0) is 18.4 Å². The maximum Gasteiger partial charge on any atom is 0.303 e. The quantitative estimate of drug-likeness (QED) is 0.435. The lowest BCUT2D eigenvalue weighted by molar-refractivity contribution is -0.136. The maximum atomic E-state index is 11.8. The molecule has 0 unspecified atom stereocenters. The molecule has 22 heavy (non-hydrogen) atoms. The average molecular weight is 304 g/mol. The molecule has 0 aromatic heterocycles. The summed E-state index contributed by atoms with van der Waals surface area (Å²) in [5, 5.41) is 8.59. The molecular weight excluding hydrogens is 276 g/mol. The highest BCUT2D eigenvalue weighted by Gasteiger charge is 2.08. The van der Waals surface area contributed by atoms with Gasteiger partial charge < -0.3 is 5.11 Å². The topological polar surface area (TPSA) is 54.4 Å². The molecule has 0 bridgehead atoms. The van der Waals surface area contributed by atoms with Gasteiger partial charge in [-0.15, -0.1) is 0 Å². The van der Waals surface area contributed by atoms with Crippen LogP contribution in [0.15, 0.2) is 24.3 Å². The van der Waals surface area contributed by atoms with Crippen LogP contribution >= 0.6 is 0 Å². The number of aryl methyl sites for hydroxylation is 1. The first-order valence-electron chi connectivity index (χ1n) is 8.47. The van der Waals surface area contributed by atoms with Crippen molar-refractivity contribution in [2.24, 2.45) is 0 Å². The summed E-state index contributed by atoms with van der Waals surface area (Å²) >= 11 is 0. The Bertz CT molecular complexity index is 448. The Morgan fingerprint density at radius 3 is 2.05 bits per heavy atom. The lowest BCUT2D eigenvalue weighted by Gasteiger charge is -2.04. The zero-order valence-electron chi connectivity index (χ0n) is 13.6. The van der Waals surface area contributed by atoms with Crippen LogP contribution in [-0.2, 0) is 11.2 Å². The lowest BCUT2D eigenvalue weighted by Crippen LogP contribution is -2.03. The summed E-state index contributed by atoms with van der Waals surface area (Å²) in [6.07, 6.45) is 10.1. The molecule has 0 saturated heterocycles. The van der Waals surface area contributed by atoms with Gasteiger partial charge in [0.2, 0.25) is 0 Å². The van der Waals surface area contributed by atoms with Crippen molar-refractivity contribution in [3.63, 3.8) is 0 Å². The summed E-state index contributed by atoms with van der Waals surface area (Å²) in [7, 11) is 0. The zero-order chi connectivity index (χ0) is 16.2. The third-order valence-electron chi connectivity index (χ3n) is 3.91. The first-order chi connectivity index (χ1) is 10.6. The minimum absolute atomic E-state index is 0.0758. The van der Waals surface area contributed by atoms with Crippen LogP contribution in [0.1, 0.15) is 80.6 Å². The number of ketones is 1.